The van der Waals surface area contributed by atoms with Crippen LogP contribution >= 0.6 is 23.1 Å². The first kappa shape index (κ1) is 19.6. The van der Waals surface area contributed by atoms with Gasteiger partial charge < -0.3 is 26.1 Å². The number of carboxylic acids is 2. The number of carbonyl (C=O) groups is 4. The maximum atomic E-state index is 12.6. The Morgan fingerprint density at radius 1 is 1.43 bits per heavy atom. The first-order valence-corrected chi connectivity index (χ1v) is 9.54. The molecule has 0 aliphatic carbocycles. The number of rotatable bonds is 7. The highest BCUT2D eigenvalue weighted by Gasteiger charge is 2.53. The van der Waals surface area contributed by atoms with E-state index in [2.05, 4.69) is 20.3 Å². The first-order chi connectivity index (χ1) is 13.3. The zero-order valence-electron chi connectivity index (χ0n) is 13.9. The molecule has 12 nitrogen and oxygen atoms in total. The number of aromatic nitrogens is 1. The molecule has 1 unspecified atom stereocenters. The van der Waals surface area contributed by atoms with Crippen LogP contribution in [0, 0.1) is 0 Å². The van der Waals surface area contributed by atoms with E-state index in [1.165, 1.54) is 23.2 Å². The van der Waals surface area contributed by atoms with E-state index in [4.69, 9.17) is 15.9 Å². The molecular formula is C14H13N5O7S2. The van der Waals surface area contributed by atoms with Gasteiger partial charge in [0, 0.05) is 11.1 Å². The Kier molecular flexibility index (Phi) is 5.51. The van der Waals surface area contributed by atoms with Gasteiger partial charge in [-0.2, -0.15) is 0 Å². The normalized spacial score (nSPS) is 21.3. The monoisotopic (exact) mass is 427 g/mol. The number of amides is 2. The highest BCUT2D eigenvalue weighted by Crippen LogP contribution is 2.37. The number of nitrogen functional groups attached to an aromatic ring is 1. The van der Waals surface area contributed by atoms with Gasteiger partial charge in [-0.3, -0.25) is 14.5 Å². The molecule has 5 N–H and O–H groups in total. The third-order valence-corrected chi connectivity index (χ3v) is 5.53. The second-order valence-electron chi connectivity index (χ2n) is 5.46. The first-order valence-electron chi connectivity index (χ1n) is 7.61. The van der Waals surface area contributed by atoms with Crippen molar-refractivity contribution in [2.24, 2.45) is 5.16 Å². The minimum absolute atomic E-state index is 0.0523. The fourth-order valence-electron chi connectivity index (χ4n) is 2.50. The summed E-state index contributed by atoms with van der Waals surface area (Å²) in [5.74, 6) is -3.57. The Morgan fingerprint density at radius 2 is 2.18 bits per heavy atom. The molecule has 1 saturated heterocycles. The van der Waals surface area contributed by atoms with E-state index in [0.717, 1.165) is 16.2 Å². The third-order valence-electron chi connectivity index (χ3n) is 3.68. The van der Waals surface area contributed by atoms with Crippen LogP contribution in [0.1, 0.15) is 5.69 Å². The number of carbonyl (C=O) groups excluding carboxylic acids is 2. The van der Waals surface area contributed by atoms with Crippen LogP contribution in [0.3, 0.4) is 0 Å². The van der Waals surface area contributed by atoms with E-state index in [-0.39, 0.29) is 22.2 Å². The molecule has 0 radical (unpaired) electrons. The van der Waals surface area contributed by atoms with Crippen LogP contribution in [-0.4, -0.2) is 73.3 Å². The maximum absolute atomic E-state index is 12.6. The van der Waals surface area contributed by atoms with Crippen molar-refractivity contribution >= 4 is 57.7 Å². The molecule has 1 aromatic rings. The number of thioether (sulfide) groups is 1. The molecule has 2 atom stereocenters. The quantitative estimate of drug-likeness (QED) is 0.236. The highest BCUT2D eigenvalue weighted by atomic mass is 32.2. The number of nitrogens with zero attached hydrogens (tertiary/aromatic N) is 3. The van der Waals surface area contributed by atoms with E-state index in [1.54, 1.807) is 0 Å². The Morgan fingerprint density at radius 3 is 2.79 bits per heavy atom. The van der Waals surface area contributed by atoms with Crippen LogP contribution in [0.5, 0.6) is 0 Å². The van der Waals surface area contributed by atoms with E-state index in [9.17, 15) is 19.2 Å². The second-order valence-corrected chi connectivity index (χ2v) is 7.50. The Labute approximate surface area is 165 Å². The minimum atomic E-state index is -1.29. The molecule has 0 saturated carbocycles. The van der Waals surface area contributed by atoms with Crippen molar-refractivity contribution in [2.45, 2.75) is 11.4 Å². The van der Waals surface area contributed by atoms with Crippen molar-refractivity contribution < 1.29 is 34.2 Å². The van der Waals surface area contributed by atoms with Gasteiger partial charge in [-0.15, -0.1) is 23.1 Å². The Hall–Kier alpha value is -3.13. The number of nitrogens with two attached hydrogens (primary N) is 1. The highest BCUT2D eigenvalue weighted by molar-refractivity contribution is 8.00. The molecule has 2 aliphatic heterocycles. The molecule has 148 valence electrons. The lowest BCUT2D eigenvalue weighted by molar-refractivity contribution is -0.150. The molecule has 3 rings (SSSR count). The molecular weight excluding hydrogens is 414 g/mol. The van der Waals surface area contributed by atoms with Gasteiger partial charge in [0.2, 0.25) is 6.61 Å². The molecule has 1 fully saturated rings. The van der Waals surface area contributed by atoms with Crippen molar-refractivity contribution in [2.75, 3.05) is 18.1 Å². The van der Waals surface area contributed by atoms with Crippen molar-refractivity contribution in [1.29, 1.82) is 0 Å². The van der Waals surface area contributed by atoms with Crippen molar-refractivity contribution in [3.8, 4) is 0 Å². The summed E-state index contributed by atoms with van der Waals surface area (Å²) in [6, 6.07) is -0.971. The molecule has 0 spiro atoms. The summed E-state index contributed by atoms with van der Waals surface area (Å²) in [4.78, 5) is 56.4. The summed E-state index contributed by atoms with van der Waals surface area (Å²) in [5, 5.41) is 24.8. The predicted molar refractivity (Wildman–Crippen MR) is 97.4 cm³/mol. The summed E-state index contributed by atoms with van der Waals surface area (Å²) in [6.45, 7) is -0.780. The van der Waals surface area contributed by atoms with Crippen molar-refractivity contribution in [3.05, 3.63) is 22.8 Å². The van der Waals surface area contributed by atoms with Crippen molar-refractivity contribution in [1.82, 2.24) is 15.2 Å². The lowest BCUT2D eigenvalue weighted by Crippen LogP contribution is -2.70. The number of carboxylic acid groups (broad SMARTS) is 2. The van der Waals surface area contributed by atoms with Crippen LogP contribution in [0.4, 0.5) is 5.13 Å². The van der Waals surface area contributed by atoms with Gasteiger partial charge >= 0.3 is 11.9 Å². The SMILES string of the molecule is Nc1nc(C(=NOCC(=O)O)C(=O)NC2C(=O)N3C(C(=O)O)=CCS[C@H]23)cs1. The zero-order valence-corrected chi connectivity index (χ0v) is 15.5. The van der Waals surface area contributed by atoms with Crippen LogP contribution in [0.2, 0.25) is 0 Å². The largest absolute Gasteiger partial charge is 0.479 e. The van der Waals surface area contributed by atoms with Crippen LogP contribution in [0.15, 0.2) is 22.3 Å². The van der Waals surface area contributed by atoms with E-state index in [0.29, 0.717) is 5.75 Å². The van der Waals surface area contributed by atoms with Crippen LogP contribution in [0.25, 0.3) is 0 Å². The van der Waals surface area contributed by atoms with E-state index in [1.807, 2.05) is 0 Å². The molecule has 0 aromatic carbocycles. The number of β-lactam (4-membered cyclic amide) rings is 1. The number of anilines is 1. The molecule has 14 heteroatoms. The van der Waals surface area contributed by atoms with Crippen LogP contribution in [-0.2, 0) is 24.0 Å². The third kappa shape index (κ3) is 3.77. The fraction of sp³-hybridized carbons (Fsp3) is 0.286. The van der Waals surface area contributed by atoms with Gasteiger partial charge in [0.05, 0.1) is 0 Å². The summed E-state index contributed by atoms with van der Waals surface area (Å²) < 4.78 is 0. The number of hydrogen-bond donors (Lipinski definition) is 4. The van der Waals surface area contributed by atoms with Gasteiger partial charge in [0.25, 0.3) is 11.8 Å². The minimum Gasteiger partial charge on any atom is -0.479 e. The number of nitrogens with one attached hydrogen (secondary N) is 1. The lowest BCUT2D eigenvalue weighted by Gasteiger charge is -2.48. The van der Waals surface area contributed by atoms with Gasteiger partial charge in [0.15, 0.2) is 10.8 Å². The van der Waals surface area contributed by atoms with Gasteiger partial charge in [-0.25, -0.2) is 14.6 Å². The summed E-state index contributed by atoms with van der Waals surface area (Å²) in [5.41, 5.74) is 5.11. The summed E-state index contributed by atoms with van der Waals surface area (Å²) in [7, 11) is 0. The molecule has 2 amide bonds. The number of oxime groups is 1. The molecule has 1 aromatic heterocycles. The standard InChI is InChI=1S/C14H13N5O7S2/c15-14-16-5(4-28-14)8(18-26-3-7(20)21)10(22)17-9-11(23)19-6(13(24)25)1-2-27-12(9)19/h1,4,9,12H,2-3H2,(H2,15,16)(H,17,22)(H,20,21)(H,24,25)/t9?,12-/m1/s1. The number of thiazole rings is 1. The topological polar surface area (TPSA) is 185 Å². The predicted octanol–water partition coefficient (Wildman–Crippen LogP) is -1.10. The lowest BCUT2D eigenvalue weighted by atomic mass is 10.0. The molecule has 2 aliphatic rings. The second kappa shape index (κ2) is 7.85. The van der Waals surface area contributed by atoms with Crippen molar-refractivity contribution in [3.63, 3.8) is 0 Å². The molecule has 3 heterocycles. The van der Waals surface area contributed by atoms with E-state index < -0.39 is 41.8 Å². The maximum Gasteiger partial charge on any atom is 0.352 e. The Bertz CT molecular complexity index is 912. The summed E-state index contributed by atoms with van der Waals surface area (Å²) >= 11 is 2.32. The number of hydrogen-bond acceptors (Lipinski definition) is 10. The van der Waals surface area contributed by atoms with E-state index >= 15 is 0 Å². The average molecular weight is 427 g/mol. The zero-order chi connectivity index (χ0) is 20.4. The van der Waals surface area contributed by atoms with Gasteiger partial charge in [-0.05, 0) is 6.08 Å². The smallest absolute Gasteiger partial charge is 0.352 e. The fourth-order valence-corrected chi connectivity index (χ4v) is 4.24. The Balaban J connectivity index is 1.76. The number of aliphatic carboxylic acids is 2. The van der Waals surface area contributed by atoms with Gasteiger partial charge in [0.1, 0.15) is 22.8 Å². The average Bonchev–Trinajstić information content (AvgIpc) is 3.07. The van der Waals surface area contributed by atoms with Crippen LogP contribution < -0.4 is 11.1 Å². The van der Waals surface area contributed by atoms with Gasteiger partial charge in [-0.1, -0.05) is 5.16 Å². The number of fused-ring (bicyclic) bond motifs is 1. The molecule has 28 heavy (non-hydrogen) atoms. The summed E-state index contributed by atoms with van der Waals surface area (Å²) in [6.07, 6.45) is 1.42. The molecule has 0 bridgehead atoms.